The quantitative estimate of drug-likeness (QED) is 0.729. The second-order valence-electron chi connectivity index (χ2n) is 7.03. The molecule has 2 fully saturated rings. The molecule has 0 bridgehead atoms. The summed E-state index contributed by atoms with van der Waals surface area (Å²) in [6.45, 7) is 8.25. The summed E-state index contributed by atoms with van der Waals surface area (Å²) in [7, 11) is 0. The lowest BCUT2D eigenvalue weighted by Gasteiger charge is -2.28. The molecule has 6 nitrogen and oxygen atoms in total. The van der Waals surface area contributed by atoms with Gasteiger partial charge in [-0.05, 0) is 42.9 Å². The maximum Gasteiger partial charge on any atom is 0.230 e. The van der Waals surface area contributed by atoms with Crippen LogP contribution in [0, 0.1) is 11.7 Å². The minimum atomic E-state index is 0.733. The molecule has 8 heteroatoms. The van der Waals surface area contributed by atoms with Crippen LogP contribution in [0.1, 0.15) is 12.0 Å². The van der Waals surface area contributed by atoms with E-state index in [1.54, 1.807) is 0 Å². The van der Waals surface area contributed by atoms with Gasteiger partial charge < -0.3 is 9.64 Å². The van der Waals surface area contributed by atoms with E-state index in [0.29, 0.717) is 0 Å². The lowest BCUT2D eigenvalue weighted by atomic mass is 10.2. The SMILES string of the molecule is Cc1ccccc1-n1c(N2CCOCC2)nn(CN2CCCSCC2)c1=S. The molecule has 0 amide bonds. The molecule has 1 aromatic carbocycles. The summed E-state index contributed by atoms with van der Waals surface area (Å²) < 4.78 is 10.5. The number of thioether (sulfide) groups is 1. The zero-order chi connectivity index (χ0) is 18.6. The van der Waals surface area contributed by atoms with Crippen LogP contribution in [-0.2, 0) is 11.4 Å². The maximum atomic E-state index is 5.90. The van der Waals surface area contributed by atoms with Gasteiger partial charge in [-0.25, -0.2) is 4.68 Å². The van der Waals surface area contributed by atoms with Gasteiger partial charge in [-0.2, -0.15) is 11.8 Å². The molecule has 0 saturated carbocycles. The van der Waals surface area contributed by atoms with E-state index in [4.69, 9.17) is 22.1 Å². The number of ether oxygens (including phenoxy) is 1. The Morgan fingerprint density at radius 3 is 2.74 bits per heavy atom. The Kier molecular flexibility index (Phi) is 6.17. The van der Waals surface area contributed by atoms with Gasteiger partial charge >= 0.3 is 0 Å². The third kappa shape index (κ3) is 4.23. The van der Waals surface area contributed by atoms with E-state index in [-0.39, 0.29) is 0 Å². The summed E-state index contributed by atoms with van der Waals surface area (Å²) in [5.74, 6) is 3.36. The van der Waals surface area contributed by atoms with Gasteiger partial charge in [0.05, 0.1) is 25.6 Å². The Labute approximate surface area is 170 Å². The molecular formula is C19H27N5OS2. The van der Waals surface area contributed by atoms with Gasteiger partial charge in [-0.15, -0.1) is 5.10 Å². The normalized spacial score (nSPS) is 19.2. The maximum absolute atomic E-state index is 5.90. The number of aryl methyl sites for hydroxylation is 1. The molecule has 146 valence electrons. The van der Waals surface area contributed by atoms with Crippen molar-refractivity contribution in [2.45, 2.75) is 20.0 Å². The Balaban J connectivity index is 1.72. The highest BCUT2D eigenvalue weighted by atomic mass is 32.2. The van der Waals surface area contributed by atoms with Gasteiger partial charge in [0.1, 0.15) is 0 Å². The highest BCUT2D eigenvalue weighted by molar-refractivity contribution is 7.99. The Morgan fingerprint density at radius 2 is 1.93 bits per heavy atom. The van der Waals surface area contributed by atoms with Gasteiger partial charge in [-0.1, -0.05) is 18.2 Å². The predicted molar refractivity (Wildman–Crippen MR) is 114 cm³/mol. The van der Waals surface area contributed by atoms with E-state index >= 15 is 0 Å². The van der Waals surface area contributed by atoms with Crippen LogP contribution in [-0.4, -0.2) is 70.1 Å². The number of para-hydroxylation sites is 1. The van der Waals surface area contributed by atoms with Crippen LogP contribution in [0.15, 0.2) is 24.3 Å². The average Bonchev–Trinajstić information content (AvgIpc) is 2.86. The standard InChI is InChI=1S/C19H27N5OS2/c1-16-5-2-3-6-17(16)24-18(22-8-11-25-12-9-22)20-23(19(24)26)15-21-7-4-13-27-14-10-21/h2-3,5-6H,4,7-15H2,1H3. The monoisotopic (exact) mass is 405 g/mol. The van der Waals surface area contributed by atoms with Crippen LogP contribution in [0.3, 0.4) is 0 Å². The van der Waals surface area contributed by atoms with Crippen molar-refractivity contribution in [3.8, 4) is 5.69 Å². The molecule has 2 aliphatic rings. The summed E-state index contributed by atoms with van der Waals surface area (Å²) in [6, 6.07) is 8.39. The molecule has 2 aromatic rings. The molecule has 27 heavy (non-hydrogen) atoms. The highest BCUT2D eigenvalue weighted by Gasteiger charge is 2.22. The molecule has 0 N–H and O–H groups in total. The number of benzene rings is 1. The minimum Gasteiger partial charge on any atom is -0.378 e. The third-order valence-electron chi connectivity index (χ3n) is 5.12. The smallest absolute Gasteiger partial charge is 0.230 e. The Hall–Kier alpha value is -1.35. The topological polar surface area (TPSA) is 38.5 Å². The molecule has 4 rings (SSSR count). The van der Waals surface area contributed by atoms with Crippen molar-refractivity contribution in [3.63, 3.8) is 0 Å². The largest absolute Gasteiger partial charge is 0.378 e. The van der Waals surface area contributed by atoms with Crippen LogP contribution >= 0.6 is 24.0 Å². The lowest BCUT2D eigenvalue weighted by Crippen LogP contribution is -2.38. The molecule has 0 aliphatic carbocycles. The molecule has 0 unspecified atom stereocenters. The van der Waals surface area contributed by atoms with Gasteiger partial charge in [-0.3, -0.25) is 9.47 Å². The van der Waals surface area contributed by atoms with E-state index in [0.717, 1.165) is 62.5 Å². The van der Waals surface area contributed by atoms with Gasteiger partial charge in [0.2, 0.25) is 10.7 Å². The number of hydrogen-bond donors (Lipinski definition) is 0. The fourth-order valence-corrected chi connectivity index (χ4v) is 4.81. The average molecular weight is 406 g/mol. The molecule has 2 aliphatic heterocycles. The van der Waals surface area contributed by atoms with Crippen molar-refractivity contribution >= 4 is 29.9 Å². The second kappa shape index (κ2) is 8.77. The van der Waals surface area contributed by atoms with Crippen molar-refractivity contribution in [1.82, 2.24) is 19.2 Å². The Morgan fingerprint density at radius 1 is 1.11 bits per heavy atom. The number of aromatic nitrogens is 3. The van der Waals surface area contributed by atoms with Gasteiger partial charge in [0.25, 0.3) is 0 Å². The van der Waals surface area contributed by atoms with Crippen molar-refractivity contribution in [3.05, 3.63) is 34.6 Å². The third-order valence-corrected chi connectivity index (χ3v) is 6.56. The van der Waals surface area contributed by atoms with E-state index in [9.17, 15) is 0 Å². The van der Waals surface area contributed by atoms with Crippen molar-refractivity contribution in [1.29, 1.82) is 0 Å². The van der Waals surface area contributed by atoms with Crippen LogP contribution in [0.25, 0.3) is 5.69 Å². The fourth-order valence-electron chi connectivity index (χ4n) is 3.61. The van der Waals surface area contributed by atoms with E-state index in [1.807, 2.05) is 16.4 Å². The number of hydrogen-bond acceptors (Lipinski definition) is 6. The minimum absolute atomic E-state index is 0.733. The number of rotatable bonds is 4. The predicted octanol–water partition coefficient (Wildman–Crippen LogP) is 2.94. The summed E-state index contributed by atoms with van der Waals surface area (Å²) in [6.07, 6.45) is 1.23. The first-order valence-electron chi connectivity index (χ1n) is 9.63. The van der Waals surface area contributed by atoms with Crippen LogP contribution in [0.4, 0.5) is 5.95 Å². The van der Waals surface area contributed by atoms with Gasteiger partial charge in [0.15, 0.2) is 0 Å². The Bertz CT molecular complexity index is 820. The lowest BCUT2D eigenvalue weighted by molar-refractivity contribution is 0.121. The number of anilines is 1. The van der Waals surface area contributed by atoms with E-state index in [2.05, 4.69) is 45.6 Å². The number of nitrogens with zero attached hydrogens (tertiary/aromatic N) is 5. The summed E-state index contributed by atoms with van der Waals surface area (Å²) >= 11 is 7.94. The van der Waals surface area contributed by atoms with E-state index < -0.39 is 0 Å². The van der Waals surface area contributed by atoms with Crippen LogP contribution in [0.2, 0.25) is 0 Å². The van der Waals surface area contributed by atoms with Crippen molar-refractivity contribution < 1.29 is 4.74 Å². The fraction of sp³-hybridized carbons (Fsp3) is 0.579. The zero-order valence-electron chi connectivity index (χ0n) is 15.8. The first-order chi connectivity index (χ1) is 13.2. The molecule has 0 radical (unpaired) electrons. The molecule has 3 heterocycles. The molecule has 0 spiro atoms. The molecule has 2 saturated heterocycles. The van der Waals surface area contributed by atoms with Gasteiger partial charge in [0, 0.05) is 31.9 Å². The second-order valence-corrected chi connectivity index (χ2v) is 8.62. The zero-order valence-corrected chi connectivity index (χ0v) is 17.5. The highest BCUT2D eigenvalue weighted by Crippen LogP contribution is 2.24. The summed E-state index contributed by atoms with van der Waals surface area (Å²) in [5, 5.41) is 4.97. The first-order valence-corrected chi connectivity index (χ1v) is 11.2. The first kappa shape index (κ1) is 19.0. The summed E-state index contributed by atoms with van der Waals surface area (Å²) in [5.41, 5.74) is 2.32. The van der Waals surface area contributed by atoms with E-state index in [1.165, 1.54) is 23.5 Å². The van der Waals surface area contributed by atoms with Crippen molar-refractivity contribution in [2.24, 2.45) is 0 Å². The molecular weight excluding hydrogens is 378 g/mol. The van der Waals surface area contributed by atoms with Crippen LogP contribution < -0.4 is 4.90 Å². The van der Waals surface area contributed by atoms with Crippen LogP contribution in [0.5, 0.6) is 0 Å². The molecule has 1 aromatic heterocycles. The number of morpholine rings is 1. The summed E-state index contributed by atoms with van der Waals surface area (Å²) in [4.78, 5) is 4.76. The molecule has 0 atom stereocenters. The van der Waals surface area contributed by atoms with Crippen molar-refractivity contribution in [2.75, 3.05) is 55.8 Å².